The first kappa shape index (κ1) is 41.2. The maximum absolute atomic E-state index is 10.4. The zero-order valence-electron chi connectivity index (χ0n) is 33.9. The summed E-state index contributed by atoms with van der Waals surface area (Å²) in [6, 6.07) is 13.7. The van der Waals surface area contributed by atoms with Gasteiger partial charge in [-0.15, -0.1) is 0 Å². The van der Waals surface area contributed by atoms with Gasteiger partial charge in [0.15, 0.2) is 0 Å². The predicted octanol–water partition coefficient (Wildman–Crippen LogP) is 13.7. The topological polar surface area (TPSA) is 49.7 Å². The Kier molecular flexibility index (Phi) is 13.5. The van der Waals surface area contributed by atoms with Crippen molar-refractivity contribution in [3.05, 3.63) is 75.3 Å². The minimum absolute atomic E-state index is 0.0000753. The van der Waals surface area contributed by atoms with Crippen LogP contribution in [0.5, 0.6) is 5.75 Å². The standard InChI is InChI=1S/C45H69O3P/c1-16-17-18-19-20-21-22-23-32-24-25-37(48-49(46)47)41(39-31(3)27-34(43(7,8)9)29-36(39)45(13,14)15)40(32)38-30(2)26-33(42(4,5)6)28-35(38)44(10,11)12/h24-29,46-47H,16-23H2,1-15H3. The van der Waals surface area contributed by atoms with Gasteiger partial charge in [-0.1, -0.05) is 159 Å². The van der Waals surface area contributed by atoms with Crippen LogP contribution in [0.3, 0.4) is 0 Å². The molecule has 0 saturated carbocycles. The van der Waals surface area contributed by atoms with Gasteiger partial charge in [-0.25, -0.2) is 0 Å². The lowest BCUT2D eigenvalue weighted by Crippen LogP contribution is -2.20. The van der Waals surface area contributed by atoms with Crippen LogP contribution in [0.25, 0.3) is 22.3 Å². The predicted molar refractivity (Wildman–Crippen MR) is 215 cm³/mol. The Bertz CT molecular complexity index is 1570. The fourth-order valence-corrected chi connectivity index (χ4v) is 7.42. The molecule has 3 rings (SSSR count). The monoisotopic (exact) mass is 688 g/mol. The Morgan fingerprint density at radius 3 is 1.37 bits per heavy atom. The van der Waals surface area contributed by atoms with Gasteiger partial charge in [0.1, 0.15) is 5.75 Å². The average Bonchev–Trinajstić information content (AvgIpc) is 2.94. The van der Waals surface area contributed by atoms with E-state index in [1.165, 1.54) is 88.6 Å². The van der Waals surface area contributed by atoms with Crippen LogP contribution in [-0.4, -0.2) is 9.79 Å². The van der Waals surface area contributed by atoms with Gasteiger partial charge in [-0.2, -0.15) is 0 Å². The molecule has 0 atom stereocenters. The van der Waals surface area contributed by atoms with Crippen molar-refractivity contribution in [2.75, 3.05) is 0 Å². The Morgan fingerprint density at radius 1 is 0.531 bits per heavy atom. The van der Waals surface area contributed by atoms with Gasteiger partial charge in [0, 0.05) is 5.56 Å². The number of aryl methyl sites for hydroxylation is 3. The maximum Gasteiger partial charge on any atom is 0.391 e. The van der Waals surface area contributed by atoms with Crippen LogP contribution in [0.2, 0.25) is 0 Å². The van der Waals surface area contributed by atoms with Gasteiger partial charge < -0.3 is 14.3 Å². The minimum Gasteiger partial charge on any atom is -0.426 e. The van der Waals surface area contributed by atoms with E-state index in [1.54, 1.807) is 0 Å². The number of benzene rings is 3. The zero-order chi connectivity index (χ0) is 37.1. The highest BCUT2D eigenvalue weighted by molar-refractivity contribution is 7.39. The molecule has 0 aromatic heterocycles. The van der Waals surface area contributed by atoms with Crippen LogP contribution >= 0.6 is 8.60 Å². The molecule has 0 spiro atoms. The highest BCUT2D eigenvalue weighted by Gasteiger charge is 2.32. The molecule has 3 aromatic carbocycles. The lowest BCUT2D eigenvalue weighted by Gasteiger charge is -2.34. The number of rotatable bonds is 12. The molecule has 0 unspecified atom stereocenters. The van der Waals surface area contributed by atoms with E-state index in [0.717, 1.165) is 24.0 Å². The summed E-state index contributed by atoms with van der Waals surface area (Å²) in [6.07, 6.45) is 9.73. The molecule has 2 N–H and O–H groups in total. The summed E-state index contributed by atoms with van der Waals surface area (Å²) < 4.78 is 6.04. The van der Waals surface area contributed by atoms with Crippen molar-refractivity contribution in [2.24, 2.45) is 0 Å². The van der Waals surface area contributed by atoms with Crippen LogP contribution in [-0.2, 0) is 28.1 Å². The summed E-state index contributed by atoms with van der Waals surface area (Å²) >= 11 is 0. The first-order valence-electron chi connectivity index (χ1n) is 18.8. The molecule has 0 radical (unpaired) electrons. The van der Waals surface area contributed by atoms with Crippen LogP contribution in [0.1, 0.15) is 174 Å². The number of unbranched alkanes of at least 4 members (excludes halogenated alkanes) is 6. The van der Waals surface area contributed by atoms with Crippen molar-refractivity contribution in [2.45, 2.75) is 177 Å². The van der Waals surface area contributed by atoms with E-state index in [2.05, 4.69) is 134 Å². The molecule has 3 aromatic rings. The van der Waals surface area contributed by atoms with Gasteiger partial charge in [0.2, 0.25) is 0 Å². The summed E-state index contributed by atoms with van der Waals surface area (Å²) in [6.45, 7) is 34.3. The van der Waals surface area contributed by atoms with Gasteiger partial charge in [0.05, 0.1) is 0 Å². The van der Waals surface area contributed by atoms with Crippen LogP contribution < -0.4 is 4.52 Å². The first-order valence-corrected chi connectivity index (χ1v) is 20.0. The second-order valence-electron chi connectivity index (χ2n) is 18.6. The maximum atomic E-state index is 10.4. The van der Waals surface area contributed by atoms with E-state index in [1.807, 2.05) is 6.07 Å². The lowest BCUT2D eigenvalue weighted by atomic mass is 9.71. The van der Waals surface area contributed by atoms with Gasteiger partial charge in [0.25, 0.3) is 0 Å². The van der Waals surface area contributed by atoms with Gasteiger partial charge in [-0.3, -0.25) is 0 Å². The third kappa shape index (κ3) is 10.4. The normalized spacial score (nSPS) is 13.0. The number of hydrogen-bond donors (Lipinski definition) is 2. The van der Waals surface area contributed by atoms with E-state index >= 15 is 0 Å². The van der Waals surface area contributed by atoms with Crippen molar-refractivity contribution < 1.29 is 14.3 Å². The molecule has 49 heavy (non-hydrogen) atoms. The molecule has 0 aliphatic carbocycles. The van der Waals surface area contributed by atoms with Gasteiger partial charge in [-0.05, 0) is 110 Å². The van der Waals surface area contributed by atoms with Crippen molar-refractivity contribution in [1.29, 1.82) is 0 Å². The van der Waals surface area contributed by atoms with E-state index in [-0.39, 0.29) is 21.7 Å². The number of hydrogen-bond acceptors (Lipinski definition) is 3. The Hall–Kier alpha value is -2.19. The smallest absolute Gasteiger partial charge is 0.391 e. The summed E-state index contributed by atoms with van der Waals surface area (Å²) in [5.74, 6) is 0.533. The van der Waals surface area contributed by atoms with Crippen molar-refractivity contribution in [1.82, 2.24) is 0 Å². The van der Waals surface area contributed by atoms with Gasteiger partial charge >= 0.3 is 8.60 Å². The Morgan fingerprint density at radius 2 is 0.959 bits per heavy atom. The summed E-state index contributed by atoms with van der Waals surface area (Å²) in [5.41, 5.74) is 13.1. The molecule has 3 nitrogen and oxygen atoms in total. The molecular formula is C45H69O3P. The first-order chi connectivity index (χ1) is 22.5. The highest BCUT2D eigenvalue weighted by Crippen LogP contribution is 2.52. The molecule has 0 heterocycles. The van der Waals surface area contributed by atoms with Crippen molar-refractivity contribution in [3.63, 3.8) is 0 Å². The second-order valence-corrected chi connectivity index (χ2v) is 19.3. The molecule has 0 amide bonds. The van der Waals surface area contributed by atoms with Crippen LogP contribution in [0.4, 0.5) is 0 Å². The van der Waals surface area contributed by atoms with Crippen molar-refractivity contribution in [3.8, 4) is 28.0 Å². The van der Waals surface area contributed by atoms with E-state index in [9.17, 15) is 9.79 Å². The third-order valence-corrected chi connectivity index (χ3v) is 10.4. The highest BCUT2D eigenvalue weighted by atomic mass is 31.2. The fraction of sp³-hybridized carbons (Fsp3) is 0.600. The summed E-state index contributed by atoms with van der Waals surface area (Å²) in [4.78, 5) is 20.8. The second kappa shape index (κ2) is 16.0. The lowest BCUT2D eigenvalue weighted by molar-refractivity contribution is 0.375. The Balaban J connectivity index is 2.56. The molecular weight excluding hydrogens is 619 g/mol. The molecule has 4 heteroatoms. The average molecular weight is 689 g/mol. The minimum atomic E-state index is -2.63. The molecule has 272 valence electrons. The Labute approximate surface area is 302 Å². The molecule has 0 aliphatic rings. The van der Waals surface area contributed by atoms with Crippen LogP contribution in [0.15, 0.2) is 36.4 Å². The molecule has 0 aliphatic heterocycles. The van der Waals surface area contributed by atoms with Crippen molar-refractivity contribution >= 4 is 8.60 Å². The molecule has 0 bridgehead atoms. The third-order valence-electron chi connectivity index (χ3n) is 10.0. The van der Waals surface area contributed by atoms with Crippen LogP contribution in [0, 0.1) is 13.8 Å². The quantitative estimate of drug-likeness (QED) is 0.147. The van der Waals surface area contributed by atoms with E-state index in [4.69, 9.17) is 4.52 Å². The SMILES string of the molecule is CCCCCCCCCc1ccc(OP(O)O)c(-c2c(C)cc(C(C)(C)C)cc2C(C)(C)C)c1-c1c(C)cc(C(C)(C)C)cc1C(C)(C)C. The molecule has 0 fully saturated rings. The fourth-order valence-electron chi connectivity index (χ4n) is 7.09. The molecule has 0 saturated heterocycles. The summed E-state index contributed by atoms with van der Waals surface area (Å²) in [7, 11) is -2.63. The largest absolute Gasteiger partial charge is 0.426 e. The van der Waals surface area contributed by atoms with E-state index in [0.29, 0.717) is 5.75 Å². The summed E-state index contributed by atoms with van der Waals surface area (Å²) in [5, 5.41) is 0. The van der Waals surface area contributed by atoms with E-state index < -0.39 is 8.60 Å². The zero-order valence-corrected chi connectivity index (χ0v) is 34.8.